The second kappa shape index (κ2) is 5.39. The number of alkyl carbamates (subject to hydrolysis) is 1. The number of hydrogen-bond donors (Lipinski definition) is 3. The number of hydrogen-bond acceptors (Lipinski definition) is 4. The number of ether oxygens (including phenoxy) is 1. The maximum atomic E-state index is 11.5. The minimum absolute atomic E-state index is 0.605. The van der Waals surface area contributed by atoms with Gasteiger partial charge in [-0.3, -0.25) is 4.79 Å². The van der Waals surface area contributed by atoms with Crippen molar-refractivity contribution >= 4 is 12.0 Å². The SMILES string of the molecule is NC(=O)C(O)CNC(=O)OCC(F)(F)F. The number of primary amides is 1. The van der Waals surface area contributed by atoms with E-state index < -0.39 is 37.4 Å². The number of aliphatic hydroxyl groups excluding tert-OH is 1. The summed E-state index contributed by atoms with van der Waals surface area (Å²) in [5.74, 6) is -1.11. The molecule has 0 saturated carbocycles. The van der Waals surface area contributed by atoms with Crippen LogP contribution in [0.4, 0.5) is 18.0 Å². The molecule has 0 saturated heterocycles. The standard InChI is InChI=1S/C6H9F3N2O4/c7-6(8,9)2-15-5(14)11-1-3(12)4(10)13/h3,12H,1-2H2,(H2,10,13)(H,11,14). The summed E-state index contributed by atoms with van der Waals surface area (Å²) in [6.07, 6.45) is -7.68. The number of amides is 2. The lowest BCUT2D eigenvalue weighted by Crippen LogP contribution is -2.40. The highest BCUT2D eigenvalue weighted by atomic mass is 19.4. The molecule has 0 aromatic rings. The van der Waals surface area contributed by atoms with Gasteiger partial charge in [0.15, 0.2) is 6.61 Å². The Hall–Kier alpha value is -1.51. The van der Waals surface area contributed by atoms with Crippen molar-refractivity contribution in [1.29, 1.82) is 0 Å². The Balaban J connectivity index is 3.72. The van der Waals surface area contributed by atoms with Crippen LogP contribution in [0.15, 0.2) is 0 Å². The molecule has 0 aromatic carbocycles. The second-order valence-corrected chi connectivity index (χ2v) is 2.49. The molecule has 0 bridgehead atoms. The lowest BCUT2D eigenvalue weighted by Gasteiger charge is -2.10. The Morgan fingerprint density at radius 3 is 2.40 bits per heavy atom. The van der Waals surface area contributed by atoms with Crippen molar-refractivity contribution in [3.63, 3.8) is 0 Å². The van der Waals surface area contributed by atoms with Crippen molar-refractivity contribution in [3.8, 4) is 0 Å². The Bertz CT molecular complexity index is 243. The van der Waals surface area contributed by atoms with Crippen LogP contribution < -0.4 is 11.1 Å². The molecule has 9 heteroatoms. The van der Waals surface area contributed by atoms with Gasteiger partial charge in [0.1, 0.15) is 6.10 Å². The van der Waals surface area contributed by atoms with Crippen LogP contribution in [0.3, 0.4) is 0 Å². The van der Waals surface area contributed by atoms with Crippen LogP contribution in [0.5, 0.6) is 0 Å². The largest absolute Gasteiger partial charge is 0.440 e. The zero-order valence-corrected chi connectivity index (χ0v) is 7.37. The lowest BCUT2D eigenvalue weighted by atomic mass is 10.3. The summed E-state index contributed by atoms with van der Waals surface area (Å²) < 4.78 is 38.2. The Morgan fingerprint density at radius 2 is 2.00 bits per heavy atom. The van der Waals surface area contributed by atoms with E-state index in [1.54, 1.807) is 5.32 Å². The molecule has 0 aliphatic rings. The number of alkyl halides is 3. The van der Waals surface area contributed by atoms with Gasteiger partial charge >= 0.3 is 12.3 Å². The van der Waals surface area contributed by atoms with Crippen molar-refractivity contribution < 1.29 is 32.6 Å². The summed E-state index contributed by atoms with van der Waals surface area (Å²) in [6, 6.07) is 0. The average molecular weight is 230 g/mol. The van der Waals surface area contributed by atoms with Crippen molar-refractivity contribution in [2.45, 2.75) is 12.3 Å². The van der Waals surface area contributed by atoms with E-state index in [0.717, 1.165) is 0 Å². The minimum atomic E-state index is -4.63. The highest BCUT2D eigenvalue weighted by Crippen LogP contribution is 2.14. The third-order valence-electron chi connectivity index (χ3n) is 1.14. The minimum Gasteiger partial charge on any atom is -0.440 e. The lowest BCUT2D eigenvalue weighted by molar-refractivity contribution is -0.160. The van der Waals surface area contributed by atoms with Crippen LogP contribution >= 0.6 is 0 Å². The topological polar surface area (TPSA) is 102 Å². The normalized spacial score (nSPS) is 13.1. The van der Waals surface area contributed by atoms with Gasteiger partial charge in [0.2, 0.25) is 5.91 Å². The summed E-state index contributed by atoms with van der Waals surface area (Å²) in [6.45, 7) is -2.35. The van der Waals surface area contributed by atoms with E-state index in [4.69, 9.17) is 5.11 Å². The molecule has 1 atom stereocenters. The molecule has 2 amide bonds. The molecular formula is C6H9F3N2O4. The van der Waals surface area contributed by atoms with Crippen molar-refractivity contribution in [3.05, 3.63) is 0 Å². The summed E-state index contributed by atoms with van der Waals surface area (Å²) in [7, 11) is 0. The fraction of sp³-hybridized carbons (Fsp3) is 0.667. The van der Waals surface area contributed by atoms with E-state index in [1.807, 2.05) is 0 Å². The van der Waals surface area contributed by atoms with Crippen molar-refractivity contribution in [2.24, 2.45) is 5.73 Å². The van der Waals surface area contributed by atoms with Gasteiger partial charge in [-0.1, -0.05) is 0 Å². The zero-order valence-electron chi connectivity index (χ0n) is 7.37. The smallest absolute Gasteiger partial charge is 0.422 e. The molecule has 6 nitrogen and oxygen atoms in total. The average Bonchev–Trinajstić information content (AvgIpc) is 2.09. The van der Waals surface area contributed by atoms with Gasteiger partial charge < -0.3 is 20.9 Å². The van der Waals surface area contributed by atoms with Gasteiger partial charge in [0.05, 0.1) is 6.54 Å². The Kier molecular flexibility index (Phi) is 4.85. The Labute approximate surface area is 82.2 Å². The first kappa shape index (κ1) is 13.5. The van der Waals surface area contributed by atoms with Crippen molar-refractivity contribution in [2.75, 3.05) is 13.2 Å². The first-order chi connectivity index (χ1) is 6.72. The molecule has 0 fully saturated rings. The molecular weight excluding hydrogens is 221 g/mol. The molecule has 0 radical (unpaired) electrons. The third kappa shape index (κ3) is 7.55. The summed E-state index contributed by atoms with van der Waals surface area (Å²) in [4.78, 5) is 20.7. The first-order valence-corrected chi connectivity index (χ1v) is 3.67. The maximum Gasteiger partial charge on any atom is 0.422 e. The fourth-order valence-corrected chi connectivity index (χ4v) is 0.479. The van der Waals surface area contributed by atoms with Gasteiger partial charge in [0, 0.05) is 0 Å². The van der Waals surface area contributed by atoms with Crippen molar-refractivity contribution in [1.82, 2.24) is 5.32 Å². The number of nitrogens with two attached hydrogens (primary N) is 1. The van der Waals surface area contributed by atoms with Crippen LogP contribution in [0.2, 0.25) is 0 Å². The molecule has 0 aliphatic carbocycles. The first-order valence-electron chi connectivity index (χ1n) is 3.67. The van der Waals surface area contributed by atoms with Gasteiger partial charge in [0.25, 0.3) is 0 Å². The van der Waals surface area contributed by atoms with Crippen LogP contribution in [0, 0.1) is 0 Å². The molecule has 88 valence electrons. The number of carbonyl (C=O) groups is 2. The number of rotatable bonds is 4. The number of aliphatic hydroxyl groups is 1. The zero-order chi connectivity index (χ0) is 12.1. The van der Waals surface area contributed by atoms with E-state index in [9.17, 15) is 22.8 Å². The summed E-state index contributed by atoms with van der Waals surface area (Å²) in [5.41, 5.74) is 4.60. The monoisotopic (exact) mass is 230 g/mol. The predicted molar refractivity (Wildman–Crippen MR) is 40.6 cm³/mol. The Morgan fingerprint density at radius 1 is 1.47 bits per heavy atom. The highest BCUT2D eigenvalue weighted by molar-refractivity contribution is 5.79. The number of carbonyl (C=O) groups excluding carboxylic acids is 2. The molecule has 15 heavy (non-hydrogen) atoms. The van der Waals surface area contributed by atoms with Gasteiger partial charge in [-0.2, -0.15) is 13.2 Å². The molecule has 0 rings (SSSR count). The van der Waals surface area contributed by atoms with E-state index in [2.05, 4.69) is 10.5 Å². The second-order valence-electron chi connectivity index (χ2n) is 2.49. The van der Waals surface area contributed by atoms with E-state index >= 15 is 0 Å². The molecule has 4 N–H and O–H groups in total. The fourth-order valence-electron chi connectivity index (χ4n) is 0.479. The predicted octanol–water partition coefficient (Wildman–Crippen LogP) is -0.879. The quantitative estimate of drug-likeness (QED) is 0.583. The third-order valence-corrected chi connectivity index (χ3v) is 1.14. The van der Waals surface area contributed by atoms with E-state index in [1.165, 1.54) is 0 Å². The summed E-state index contributed by atoms with van der Waals surface area (Å²) in [5, 5.41) is 10.5. The van der Waals surface area contributed by atoms with Gasteiger partial charge in [-0.05, 0) is 0 Å². The van der Waals surface area contributed by atoms with Crippen LogP contribution in [-0.4, -0.2) is 42.5 Å². The molecule has 0 aromatic heterocycles. The van der Waals surface area contributed by atoms with E-state index in [0.29, 0.717) is 0 Å². The summed E-state index contributed by atoms with van der Waals surface area (Å²) >= 11 is 0. The highest BCUT2D eigenvalue weighted by Gasteiger charge is 2.29. The van der Waals surface area contributed by atoms with Crippen LogP contribution in [0.25, 0.3) is 0 Å². The molecule has 1 unspecified atom stereocenters. The van der Waals surface area contributed by atoms with Crippen LogP contribution in [-0.2, 0) is 9.53 Å². The molecule has 0 aliphatic heterocycles. The molecule has 0 heterocycles. The van der Waals surface area contributed by atoms with Gasteiger partial charge in [-0.15, -0.1) is 0 Å². The molecule has 0 spiro atoms. The van der Waals surface area contributed by atoms with E-state index in [-0.39, 0.29) is 0 Å². The van der Waals surface area contributed by atoms with Gasteiger partial charge in [-0.25, -0.2) is 4.79 Å². The number of halogens is 3. The maximum absolute atomic E-state index is 11.5. The van der Waals surface area contributed by atoms with Crippen LogP contribution in [0.1, 0.15) is 0 Å². The number of nitrogens with one attached hydrogen (secondary N) is 1.